The van der Waals surface area contributed by atoms with Crippen LogP contribution in [-0.2, 0) is 16.1 Å². The molecule has 0 unspecified atom stereocenters. The topological polar surface area (TPSA) is 85.6 Å². The Bertz CT molecular complexity index is 1210. The van der Waals surface area contributed by atoms with Crippen LogP contribution in [-0.4, -0.2) is 84.1 Å². The van der Waals surface area contributed by atoms with Crippen LogP contribution in [0.15, 0.2) is 65.0 Å². The standard InChI is InChI=1S/C30H33N3O4/c34-27-20-33(21-27)19-26(17-28-30(36)29(35)11-12-31-28)25-9-7-23(8-10-25)2-1-22-3-5-24(6-4-22)18-32-13-15-37-16-14-32/h3-10,12,26-27,34,36H,11,13-21H2/t26-/m1/s1. The summed E-state index contributed by atoms with van der Waals surface area (Å²) < 4.78 is 5.42. The second-order valence-corrected chi connectivity index (χ2v) is 9.97. The number of carbonyl (C=O) groups excluding carboxylic acids is 1. The average Bonchev–Trinajstić information content (AvgIpc) is 2.90. The number of morpholine rings is 1. The van der Waals surface area contributed by atoms with Gasteiger partial charge in [0, 0.05) is 75.4 Å². The summed E-state index contributed by atoms with van der Waals surface area (Å²) >= 11 is 0. The van der Waals surface area contributed by atoms with E-state index in [1.165, 1.54) is 5.56 Å². The first-order valence-corrected chi connectivity index (χ1v) is 12.9. The molecule has 2 aromatic rings. The SMILES string of the molecule is O=C1CC=NC(C[C@H](CN2CC(O)C2)c2ccc(C#Cc3ccc(CN4CCOCC4)cc3)cc2)=C1O. The summed E-state index contributed by atoms with van der Waals surface area (Å²) in [6.07, 6.45) is 1.88. The molecule has 2 saturated heterocycles. The maximum absolute atomic E-state index is 11.9. The molecule has 3 heterocycles. The zero-order valence-electron chi connectivity index (χ0n) is 21.0. The van der Waals surface area contributed by atoms with Crippen molar-refractivity contribution < 1.29 is 19.7 Å². The Kier molecular flexibility index (Phi) is 8.12. The molecule has 0 spiro atoms. The van der Waals surface area contributed by atoms with Crippen LogP contribution in [0.3, 0.4) is 0 Å². The highest BCUT2D eigenvalue weighted by Gasteiger charge is 2.29. The molecule has 1 atom stereocenters. The van der Waals surface area contributed by atoms with E-state index in [9.17, 15) is 15.0 Å². The van der Waals surface area contributed by atoms with Crippen molar-refractivity contribution in [3.8, 4) is 11.8 Å². The third-order valence-electron chi connectivity index (χ3n) is 7.11. The van der Waals surface area contributed by atoms with Gasteiger partial charge in [0.1, 0.15) is 0 Å². The lowest BCUT2D eigenvalue weighted by atomic mass is 9.90. The number of hydrogen-bond acceptors (Lipinski definition) is 7. The van der Waals surface area contributed by atoms with E-state index >= 15 is 0 Å². The molecule has 2 aromatic carbocycles. The molecule has 37 heavy (non-hydrogen) atoms. The molecule has 0 aromatic heterocycles. The lowest BCUT2D eigenvalue weighted by Gasteiger charge is -2.38. The summed E-state index contributed by atoms with van der Waals surface area (Å²) in [5.74, 6) is 6.03. The number of nitrogens with zero attached hydrogens (tertiary/aromatic N) is 3. The number of ether oxygens (including phenoxy) is 1. The first kappa shape index (κ1) is 25.4. The van der Waals surface area contributed by atoms with Gasteiger partial charge < -0.3 is 14.9 Å². The second kappa shape index (κ2) is 11.8. The molecule has 7 nitrogen and oxygen atoms in total. The van der Waals surface area contributed by atoms with Crippen molar-refractivity contribution in [1.29, 1.82) is 0 Å². The molecule has 0 aliphatic carbocycles. The number of aliphatic imine (C=N–C) groups is 1. The molecule has 3 aliphatic rings. The van der Waals surface area contributed by atoms with E-state index in [2.05, 4.69) is 63.0 Å². The number of benzene rings is 2. The van der Waals surface area contributed by atoms with E-state index in [4.69, 9.17) is 4.74 Å². The van der Waals surface area contributed by atoms with E-state index in [1.807, 2.05) is 12.1 Å². The molecule has 0 radical (unpaired) electrons. The van der Waals surface area contributed by atoms with E-state index in [1.54, 1.807) is 6.21 Å². The first-order chi connectivity index (χ1) is 18.0. The average molecular weight is 500 g/mol. The summed E-state index contributed by atoms with van der Waals surface area (Å²) in [6.45, 7) is 6.49. The van der Waals surface area contributed by atoms with Crippen molar-refractivity contribution in [3.05, 3.63) is 82.2 Å². The van der Waals surface area contributed by atoms with Gasteiger partial charge in [-0.3, -0.25) is 19.6 Å². The number of rotatable bonds is 7. The van der Waals surface area contributed by atoms with Gasteiger partial charge in [-0.05, 0) is 35.4 Å². The van der Waals surface area contributed by atoms with Gasteiger partial charge in [0.05, 0.1) is 25.0 Å². The fourth-order valence-electron chi connectivity index (χ4n) is 4.93. The lowest BCUT2D eigenvalue weighted by molar-refractivity contribution is -0.117. The third-order valence-corrected chi connectivity index (χ3v) is 7.11. The van der Waals surface area contributed by atoms with Crippen molar-refractivity contribution >= 4 is 12.0 Å². The number of hydrogen-bond donors (Lipinski definition) is 2. The molecule has 0 saturated carbocycles. The van der Waals surface area contributed by atoms with Gasteiger partial charge in [0.2, 0.25) is 5.78 Å². The number of aliphatic hydroxyl groups excluding tert-OH is 2. The molecule has 5 rings (SSSR count). The van der Waals surface area contributed by atoms with Gasteiger partial charge in [0.25, 0.3) is 0 Å². The minimum Gasteiger partial charge on any atom is -0.503 e. The fraction of sp³-hybridized carbons (Fsp3) is 0.400. The van der Waals surface area contributed by atoms with Crippen LogP contribution < -0.4 is 0 Å². The van der Waals surface area contributed by atoms with Gasteiger partial charge in [-0.25, -0.2) is 0 Å². The second-order valence-electron chi connectivity index (χ2n) is 9.97. The minimum absolute atomic E-state index is 0.0359. The van der Waals surface area contributed by atoms with Crippen LogP contribution in [0.5, 0.6) is 0 Å². The van der Waals surface area contributed by atoms with E-state index in [0.717, 1.165) is 56.1 Å². The number of allylic oxidation sites excluding steroid dienone is 2. The number of β-amino-alcohol motifs (C(OH)–C–C–N with tert-alkyl or cyclic N) is 1. The van der Waals surface area contributed by atoms with Gasteiger partial charge in [-0.15, -0.1) is 0 Å². The lowest BCUT2D eigenvalue weighted by Crippen LogP contribution is -2.51. The molecule has 0 bridgehead atoms. The summed E-state index contributed by atoms with van der Waals surface area (Å²) in [7, 11) is 0. The molecule has 3 aliphatic heterocycles. The fourth-order valence-corrected chi connectivity index (χ4v) is 4.93. The van der Waals surface area contributed by atoms with Crippen molar-refractivity contribution in [3.63, 3.8) is 0 Å². The quantitative estimate of drug-likeness (QED) is 0.570. The van der Waals surface area contributed by atoms with Crippen LogP contribution in [0.1, 0.15) is 41.0 Å². The number of likely N-dealkylation sites (tertiary alicyclic amines) is 1. The Hall–Kier alpha value is -3.28. The normalized spacial score (nSPS) is 19.9. The molecular weight excluding hydrogens is 466 g/mol. The summed E-state index contributed by atoms with van der Waals surface area (Å²) in [5.41, 5.74) is 4.71. The van der Waals surface area contributed by atoms with Crippen molar-refractivity contribution in [2.24, 2.45) is 4.99 Å². The van der Waals surface area contributed by atoms with E-state index in [-0.39, 0.29) is 30.0 Å². The predicted molar refractivity (Wildman–Crippen MR) is 143 cm³/mol. The summed E-state index contributed by atoms with van der Waals surface area (Å²) in [6, 6.07) is 16.6. The Morgan fingerprint density at radius 1 is 0.973 bits per heavy atom. The van der Waals surface area contributed by atoms with Crippen LogP contribution in [0, 0.1) is 11.8 Å². The molecule has 7 heteroatoms. The number of ketones is 1. The maximum atomic E-state index is 11.9. The maximum Gasteiger partial charge on any atom is 0.204 e. The van der Waals surface area contributed by atoms with Crippen molar-refractivity contribution in [1.82, 2.24) is 9.80 Å². The number of aliphatic hydroxyl groups is 2. The highest BCUT2D eigenvalue weighted by Crippen LogP contribution is 2.30. The van der Waals surface area contributed by atoms with Crippen LogP contribution >= 0.6 is 0 Å². The van der Waals surface area contributed by atoms with Gasteiger partial charge in [-0.1, -0.05) is 36.1 Å². The predicted octanol–water partition coefficient (Wildman–Crippen LogP) is 2.88. The summed E-state index contributed by atoms with van der Waals surface area (Å²) in [5, 5.41) is 19.9. The Morgan fingerprint density at radius 3 is 2.27 bits per heavy atom. The smallest absolute Gasteiger partial charge is 0.204 e. The Morgan fingerprint density at radius 2 is 1.62 bits per heavy atom. The third kappa shape index (κ3) is 6.73. The van der Waals surface area contributed by atoms with E-state index < -0.39 is 0 Å². The highest BCUT2D eigenvalue weighted by molar-refractivity contribution is 6.03. The van der Waals surface area contributed by atoms with E-state index in [0.29, 0.717) is 25.2 Å². The minimum atomic E-state index is -0.289. The largest absolute Gasteiger partial charge is 0.503 e. The molecule has 192 valence electrons. The van der Waals surface area contributed by atoms with Gasteiger partial charge >= 0.3 is 0 Å². The van der Waals surface area contributed by atoms with Crippen LogP contribution in [0.25, 0.3) is 0 Å². The number of Topliss-reactive ketones (excluding diaryl/α,β-unsaturated/α-hetero) is 1. The Labute approximate surface area is 218 Å². The zero-order valence-corrected chi connectivity index (χ0v) is 21.0. The monoisotopic (exact) mass is 499 g/mol. The van der Waals surface area contributed by atoms with Gasteiger partial charge in [-0.2, -0.15) is 0 Å². The number of carbonyl (C=O) groups is 1. The first-order valence-electron chi connectivity index (χ1n) is 12.9. The highest BCUT2D eigenvalue weighted by atomic mass is 16.5. The van der Waals surface area contributed by atoms with Crippen LogP contribution in [0.2, 0.25) is 0 Å². The van der Waals surface area contributed by atoms with Crippen molar-refractivity contribution in [2.75, 3.05) is 45.9 Å². The zero-order chi connectivity index (χ0) is 25.6. The van der Waals surface area contributed by atoms with Gasteiger partial charge in [0.15, 0.2) is 5.76 Å². The molecule has 2 N–H and O–H groups in total. The molecule has 2 fully saturated rings. The molecule has 0 amide bonds. The molecular formula is C30H33N3O4. The van der Waals surface area contributed by atoms with Crippen molar-refractivity contribution in [2.45, 2.75) is 31.4 Å². The van der Waals surface area contributed by atoms with Crippen LogP contribution in [0.4, 0.5) is 0 Å². The Balaban J connectivity index is 1.25. The summed E-state index contributed by atoms with van der Waals surface area (Å²) in [4.78, 5) is 20.8.